The summed E-state index contributed by atoms with van der Waals surface area (Å²) in [6.07, 6.45) is -2.75. The first-order chi connectivity index (χ1) is 10.4. The average Bonchev–Trinajstić information content (AvgIpc) is 2.49. The van der Waals surface area contributed by atoms with Crippen molar-refractivity contribution in [1.29, 1.82) is 0 Å². The average molecular weight is 304 g/mol. The van der Waals surface area contributed by atoms with Crippen LogP contribution in [0.15, 0.2) is 30.3 Å². The SMILES string of the molecule is O=C1c2ccc(O)c(O)c2O[C@@H](c2ccc(O)c(O)c2)[C@H]1O. The molecule has 0 fully saturated rings. The zero-order chi connectivity index (χ0) is 16.0. The highest BCUT2D eigenvalue weighted by Crippen LogP contribution is 2.45. The minimum Gasteiger partial charge on any atom is -0.504 e. The number of fused-ring (bicyclic) bond motifs is 1. The topological polar surface area (TPSA) is 127 Å². The van der Waals surface area contributed by atoms with E-state index in [0.29, 0.717) is 0 Å². The smallest absolute Gasteiger partial charge is 0.201 e. The highest BCUT2D eigenvalue weighted by Gasteiger charge is 2.39. The first-order valence-electron chi connectivity index (χ1n) is 6.36. The van der Waals surface area contributed by atoms with Gasteiger partial charge in [0.1, 0.15) is 0 Å². The van der Waals surface area contributed by atoms with E-state index in [-0.39, 0.29) is 22.6 Å². The van der Waals surface area contributed by atoms with Gasteiger partial charge in [-0.2, -0.15) is 0 Å². The van der Waals surface area contributed by atoms with Crippen LogP contribution in [-0.4, -0.2) is 37.4 Å². The van der Waals surface area contributed by atoms with Gasteiger partial charge in [-0.25, -0.2) is 0 Å². The second-order valence-corrected chi connectivity index (χ2v) is 4.91. The lowest BCUT2D eigenvalue weighted by atomic mass is 9.93. The molecular formula is C15H12O7. The van der Waals surface area contributed by atoms with Gasteiger partial charge in [0.2, 0.25) is 5.75 Å². The number of phenolic OH excluding ortho intramolecular Hbond substituents is 4. The summed E-state index contributed by atoms with van der Waals surface area (Å²) in [5, 5.41) is 48.2. The number of hydrogen-bond donors (Lipinski definition) is 5. The number of phenols is 4. The number of carbonyl (C=O) groups is 1. The molecule has 0 aromatic heterocycles. The molecule has 0 unspecified atom stereocenters. The molecule has 2 aromatic carbocycles. The maximum atomic E-state index is 12.2. The van der Waals surface area contributed by atoms with Crippen LogP contribution in [0, 0.1) is 0 Å². The summed E-state index contributed by atoms with van der Waals surface area (Å²) < 4.78 is 5.43. The van der Waals surface area contributed by atoms with Gasteiger partial charge in [0.05, 0.1) is 5.56 Å². The molecule has 1 aliphatic rings. The number of carbonyl (C=O) groups excluding carboxylic acids is 1. The predicted molar refractivity (Wildman–Crippen MR) is 73.2 cm³/mol. The second-order valence-electron chi connectivity index (χ2n) is 4.91. The second kappa shape index (κ2) is 4.81. The number of aromatic hydroxyl groups is 4. The van der Waals surface area contributed by atoms with E-state index in [1.54, 1.807) is 0 Å². The van der Waals surface area contributed by atoms with E-state index in [4.69, 9.17) is 4.74 Å². The summed E-state index contributed by atoms with van der Waals surface area (Å²) in [6.45, 7) is 0. The minimum absolute atomic E-state index is 0.0537. The summed E-state index contributed by atoms with van der Waals surface area (Å²) in [5.41, 5.74) is 0.173. The number of rotatable bonds is 1. The molecule has 2 atom stereocenters. The van der Waals surface area contributed by atoms with Gasteiger partial charge in [0.25, 0.3) is 0 Å². The van der Waals surface area contributed by atoms with Crippen LogP contribution < -0.4 is 4.74 Å². The number of aliphatic hydroxyl groups is 1. The standard InChI is InChI=1S/C15H12O7/c16-8-3-1-6(5-10(8)18)14-13(21)11(19)7-2-4-9(17)12(20)15(7)22-14/h1-5,13-14,16-18,20-21H/t13-,14-/m0/s1. The summed E-state index contributed by atoms with van der Waals surface area (Å²) in [5.74, 6) is -2.80. The molecule has 2 aromatic rings. The minimum atomic E-state index is -1.56. The van der Waals surface area contributed by atoms with Gasteiger partial charge in [0, 0.05) is 0 Å². The molecule has 0 saturated heterocycles. The molecule has 114 valence electrons. The van der Waals surface area contributed by atoms with E-state index in [9.17, 15) is 30.3 Å². The van der Waals surface area contributed by atoms with E-state index in [0.717, 1.165) is 12.1 Å². The number of hydrogen-bond acceptors (Lipinski definition) is 7. The van der Waals surface area contributed by atoms with E-state index < -0.39 is 35.2 Å². The fraction of sp³-hybridized carbons (Fsp3) is 0.133. The van der Waals surface area contributed by atoms with Crippen molar-refractivity contribution in [1.82, 2.24) is 0 Å². The fourth-order valence-electron chi connectivity index (χ4n) is 2.33. The molecule has 7 nitrogen and oxygen atoms in total. The Kier molecular flexibility index (Phi) is 3.07. The Morgan fingerprint density at radius 1 is 0.909 bits per heavy atom. The van der Waals surface area contributed by atoms with Crippen LogP contribution in [-0.2, 0) is 0 Å². The molecule has 0 amide bonds. The van der Waals surface area contributed by atoms with Gasteiger partial charge in [-0.05, 0) is 29.8 Å². The lowest BCUT2D eigenvalue weighted by Gasteiger charge is -2.30. The third-order valence-corrected chi connectivity index (χ3v) is 3.50. The Balaban J connectivity index is 2.09. The maximum Gasteiger partial charge on any atom is 0.201 e. The van der Waals surface area contributed by atoms with E-state index >= 15 is 0 Å². The van der Waals surface area contributed by atoms with Crippen LogP contribution >= 0.6 is 0 Å². The van der Waals surface area contributed by atoms with Crippen molar-refractivity contribution in [3.05, 3.63) is 41.5 Å². The van der Waals surface area contributed by atoms with Crippen LogP contribution in [0.1, 0.15) is 22.0 Å². The van der Waals surface area contributed by atoms with Gasteiger partial charge >= 0.3 is 0 Å². The maximum absolute atomic E-state index is 12.2. The Hall–Kier alpha value is -2.93. The third kappa shape index (κ3) is 1.99. The first kappa shape index (κ1) is 14.0. The van der Waals surface area contributed by atoms with Crippen molar-refractivity contribution in [3.8, 4) is 28.7 Å². The molecule has 3 rings (SSSR count). The van der Waals surface area contributed by atoms with Crippen molar-refractivity contribution in [2.24, 2.45) is 0 Å². The van der Waals surface area contributed by atoms with Crippen molar-refractivity contribution < 1.29 is 35.1 Å². The largest absolute Gasteiger partial charge is 0.504 e. The van der Waals surface area contributed by atoms with Crippen LogP contribution in [0.25, 0.3) is 0 Å². The number of aliphatic hydroxyl groups excluding tert-OH is 1. The van der Waals surface area contributed by atoms with Crippen molar-refractivity contribution in [3.63, 3.8) is 0 Å². The molecular weight excluding hydrogens is 292 g/mol. The van der Waals surface area contributed by atoms with Crippen molar-refractivity contribution in [2.45, 2.75) is 12.2 Å². The van der Waals surface area contributed by atoms with Crippen LogP contribution in [0.4, 0.5) is 0 Å². The zero-order valence-electron chi connectivity index (χ0n) is 11.1. The van der Waals surface area contributed by atoms with Gasteiger partial charge in [-0.3, -0.25) is 4.79 Å². The van der Waals surface area contributed by atoms with E-state index in [1.165, 1.54) is 18.2 Å². The van der Waals surface area contributed by atoms with Gasteiger partial charge in [-0.1, -0.05) is 6.07 Å². The Morgan fingerprint density at radius 2 is 1.59 bits per heavy atom. The Labute approximate surface area is 124 Å². The summed E-state index contributed by atoms with van der Waals surface area (Å²) >= 11 is 0. The Bertz CT molecular complexity index is 769. The van der Waals surface area contributed by atoms with Crippen LogP contribution in [0.2, 0.25) is 0 Å². The molecule has 0 bridgehead atoms. The molecule has 1 heterocycles. The number of benzene rings is 2. The molecule has 0 aliphatic carbocycles. The molecule has 0 spiro atoms. The Morgan fingerprint density at radius 3 is 2.27 bits per heavy atom. The summed E-state index contributed by atoms with van der Waals surface area (Å²) in [4.78, 5) is 12.2. The van der Waals surface area contributed by atoms with Gasteiger partial charge < -0.3 is 30.3 Å². The third-order valence-electron chi connectivity index (χ3n) is 3.50. The molecule has 7 heteroatoms. The lowest BCUT2D eigenvalue weighted by Crippen LogP contribution is -2.36. The molecule has 22 heavy (non-hydrogen) atoms. The fourth-order valence-corrected chi connectivity index (χ4v) is 2.33. The molecule has 1 aliphatic heterocycles. The van der Waals surface area contributed by atoms with E-state index in [2.05, 4.69) is 0 Å². The predicted octanol–water partition coefficient (Wildman–Crippen LogP) is 1.19. The molecule has 0 saturated carbocycles. The van der Waals surface area contributed by atoms with Gasteiger partial charge in [0.15, 0.2) is 41.0 Å². The number of ketones is 1. The van der Waals surface area contributed by atoms with E-state index in [1.807, 2.05) is 0 Å². The normalized spacial score (nSPS) is 20.3. The lowest BCUT2D eigenvalue weighted by molar-refractivity contribution is 0.0202. The first-order valence-corrected chi connectivity index (χ1v) is 6.36. The quantitative estimate of drug-likeness (QED) is 0.501. The molecule has 5 N–H and O–H groups in total. The van der Waals surface area contributed by atoms with Crippen molar-refractivity contribution in [2.75, 3.05) is 0 Å². The van der Waals surface area contributed by atoms with Crippen LogP contribution in [0.5, 0.6) is 28.7 Å². The summed E-state index contributed by atoms with van der Waals surface area (Å²) in [7, 11) is 0. The number of ether oxygens (including phenoxy) is 1. The summed E-state index contributed by atoms with van der Waals surface area (Å²) in [6, 6.07) is 6.04. The molecule has 0 radical (unpaired) electrons. The number of Topliss-reactive ketones (excluding diaryl/α,β-unsaturated/α-hetero) is 1. The van der Waals surface area contributed by atoms with Gasteiger partial charge in [-0.15, -0.1) is 0 Å². The van der Waals surface area contributed by atoms with Crippen LogP contribution in [0.3, 0.4) is 0 Å². The monoisotopic (exact) mass is 304 g/mol. The van der Waals surface area contributed by atoms with Crippen molar-refractivity contribution >= 4 is 5.78 Å². The highest BCUT2D eigenvalue weighted by molar-refractivity contribution is 6.04. The highest BCUT2D eigenvalue weighted by atomic mass is 16.5. The zero-order valence-corrected chi connectivity index (χ0v) is 11.1.